The van der Waals surface area contributed by atoms with Crippen LogP contribution in [0.2, 0.25) is 0 Å². The van der Waals surface area contributed by atoms with E-state index in [2.05, 4.69) is 11.8 Å². The van der Waals surface area contributed by atoms with Gasteiger partial charge in [-0.1, -0.05) is 25.1 Å². The van der Waals surface area contributed by atoms with Gasteiger partial charge in [0.2, 0.25) is 5.91 Å². The first-order valence-electron chi connectivity index (χ1n) is 12.8. The lowest BCUT2D eigenvalue weighted by molar-refractivity contribution is -0.141. The van der Waals surface area contributed by atoms with Gasteiger partial charge < -0.3 is 19.6 Å². The third-order valence-electron chi connectivity index (χ3n) is 8.01. The van der Waals surface area contributed by atoms with E-state index in [4.69, 9.17) is 0 Å². The highest BCUT2D eigenvalue weighted by Gasteiger charge is 2.54. The van der Waals surface area contributed by atoms with Gasteiger partial charge >= 0.3 is 0 Å². The molecule has 8 heteroatoms. The number of hydrogen-bond acceptors (Lipinski definition) is 4. The summed E-state index contributed by atoms with van der Waals surface area (Å²) in [6, 6.07) is 15.4. The number of carbonyl (C=O) groups excluding carboxylic acids is 3. The van der Waals surface area contributed by atoms with Crippen LogP contribution in [0, 0.1) is 11.7 Å². The van der Waals surface area contributed by atoms with Crippen molar-refractivity contribution in [2.75, 3.05) is 44.3 Å². The van der Waals surface area contributed by atoms with Crippen molar-refractivity contribution in [3.05, 3.63) is 66.0 Å². The molecule has 0 unspecified atom stereocenters. The van der Waals surface area contributed by atoms with Crippen LogP contribution in [0.25, 0.3) is 0 Å². The minimum absolute atomic E-state index is 0.00392. The number of piperidine rings is 2. The molecule has 1 spiro atoms. The van der Waals surface area contributed by atoms with Crippen molar-refractivity contribution in [2.24, 2.45) is 5.92 Å². The molecule has 3 heterocycles. The monoisotopic (exact) mass is 492 g/mol. The van der Waals surface area contributed by atoms with Crippen LogP contribution in [0.5, 0.6) is 0 Å². The minimum Gasteiger partial charge on any atom is -0.341 e. The van der Waals surface area contributed by atoms with E-state index >= 15 is 0 Å². The summed E-state index contributed by atoms with van der Waals surface area (Å²) in [4.78, 5) is 47.4. The Bertz CT molecular complexity index is 1110. The largest absolute Gasteiger partial charge is 0.341 e. The van der Waals surface area contributed by atoms with Gasteiger partial charge in [-0.15, -0.1) is 0 Å². The van der Waals surface area contributed by atoms with E-state index in [0.29, 0.717) is 44.1 Å². The Labute approximate surface area is 211 Å². The van der Waals surface area contributed by atoms with Gasteiger partial charge in [0.05, 0.1) is 6.67 Å². The molecule has 190 valence electrons. The van der Waals surface area contributed by atoms with Gasteiger partial charge in [0.25, 0.3) is 11.8 Å². The minimum atomic E-state index is -0.794. The topological polar surface area (TPSA) is 64.2 Å². The highest BCUT2D eigenvalue weighted by Crippen LogP contribution is 2.39. The summed E-state index contributed by atoms with van der Waals surface area (Å²) in [5, 5.41) is 0. The number of rotatable bonds is 4. The molecule has 3 aliphatic rings. The van der Waals surface area contributed by atoms with Gasteiger partial charge in [0.1, 0.15) is 17.9 Å². The van der Waals surface area contributed by atoms with E-state index in [9.17, 15) is 18.8 Å². The number of anilines is 1. The van der Waals surface area contributed by atoms with Crippen LogP contribution in [0.3, 0.4) is 0 Å². The van der Waals surface area contributed by atoms with Crippen molar-refractivity contribution in [1.29, 1.82) is 0 Å². The molecule has 0 bridgehead atoms. The van der Waals surface area contributed by atoms with Gasteiger partial charge in [-0.05, 0) is 68.0 Å². The Morgan fingerprint density at radius 1 is 0.917 bits per heavy atom. The summed E-state index contributed by atoms with van der Waals surface area (Å²) in [6.07, 6.45) is 2.94. The molecule has 3 saturated heterocycles. The fourth-order valence-corrected chi connectivity index (χ4v) is 5.70. The Morgan fingerprint density at radius 2 is 1.56 bits per heavy atom. The summed E-state index contributed by atoms with van der Waals surface area (Å²) in [5.74, 6) is 0.0473. The van der Waals surface area contributed by atoms with E-state index < -0.39 is 5.54 Å². The maximum absolute atomic E-state index is 13.9. The number of hydrogen-bond donors (Lipinski definition) is 0. The third kappa shape index (κ3) is 4.56. The molecule has 0 N–H and O–H groups in total. The smallest absolute Gasteiger partial charge is 0.253 e. The highest BCUT2D eigenvalue weighted by molar-refractivity contribution is 5.97. The highest BCUT2D eigenvalue weighted by atomic mass is 19.1. The number of amides is 3. The van der Waals surface area contributed by atoms with Crippen molar-refractivity contribution in [1.82, 2.24) is 14.7 Å². The van der Waals surface area contributed by atoms with Crippen molar-refractivity contribution in [3.63, 3.8) is 0 Å². The predicted molar refractivity (Wildman–Crippen MR) is 135 cm³/mol. The fourth-order valence-electron chi connectivity index (χ4n) is 5.70. The maximum atomic E-state index is 13.9. The fraction of sp³-hybridized carbons (Fsp3) is 0.464. The number of nitrogens with zero attached hydrogens (tertiary/aromatic N) is 4. The molecule has 0 saturated carbocycles. The van der Waals surface area contributed by atoms with Gasteiger partial charge in [-0.3, -0.25) is 14.4 Å². The Hall–Kier alpha value is -3.42. The molecule has 7 nitrogen and oxygen atoms in total. The average Bonchev–Trinajstić information content (AvgIpc) is 3.16. The zero-order valence-corrected chi connectivity index (χ0v) is 20.7. The van der Waals surface area contributed by atoms with Crippen LogP contribution < -0.4 is 4.90 Å². The van der Waals surface area contributed by atoms with Crippen LogP contribution in [0.4, 0.5) is 10.1 Å². The molecule has 3 amide bonds. The van der Waals surface area contributed by atoms with Crippen LogP contribution in [-0.4, -0.2) is 77.4 Å². The summed E-state index contributed by atoms with van der Waals surface area (Å²) < 4.78 is 13.3. The molecule has 3 fully saturated rings. The molecule has 2 aromatic rings. The third-order valence-corrected chi connectivity index (χ3v) is 8.01. The molecular formula is C28H33FN4O3. The number of likely N-dealkylation sites (tertiary alicyclic amines) is 2. The second-order valence-corrected chi connectivity index (χ2v) is 10.3. The van der Waals surface area contributed by atoms with Gasteiger partial charge in [0, 0.05) is 37.4 Å². The van der Waals surface area contributed by atoms with E-state index in [1.54, 1.807) is 9.80 Å². The number of para-hydroxylation sites is 1. The van der Waals surface area contributed by atoms with Crippen molar-refractivity contribution in [2.45, 2.75) is 38.1 Å². The molecular weight excluding hydrogens is 459 g/mol. The van der Waals surface area contributed by atoms with E-state index in [0.717, 1.165) is 31.6 Å². The first-order chi connectivity index (χ1) is 17.4. The normalized spacial score (nSPS) is 20.3. The first-order valence-corrected chi connectivity index (χ1v) is 12.8. The standard InChI is InChI=1S/C28H33FN4O3/c1-21-11-15-30(16-12-21)25(34)19-32-20-33(24-5-3-2-4-6-24)28(27(32)36)13-17-31(18-14-28)26(35)22-7-9-23(29)10-8-22/h2-10,21H,11-20H2,1H3. The van der Waals surface area contributed by atoms with Gasteiger partial charge in [-0.2, -0.15) is 0 Å². The average molecular weight is 493 g/mol. The van der Waals surface area contributed by atoms with Crippen LogP contribution in [0.1, 0.15) is 43.0 Å². The molecule has 0 aromatic heterocycles. The lowest BCUT2D eigenvalue weighted by Crippen LogP contribution is -2.57. The molecule has 5 rings (SSSR count). The van der Waals surface area contributed by atoms with Crippen molar-refractivity contribution in [3.8, 4) is 0 Å². The lowest BCUT2D eigenvalue weighted by Gasteiger charge is -2.43. The van der Waals surface area contributed by atoms with Gasteiger partial charge in [0.15, 0.2) is 0 Å². The van der Waals surface area contributed by atoms with Gasteiger partial charge in [-0.25, -0.2) is 4.39 Å². The Kier molecular flexibility index (Phi) is 6.69. The maximum Gasteiger partial charge on any atom is 0.253 e. The van der Waals surface area contributed by atoms with Crippen molar-refractivity contribution >= 4 is 23.4 Å². The first kappa shape index (κ1) is 24.3. The summed E-state index contributed by atoms with van der Waals surface area (Å²) in [6.45, 7) is 4.96. The van der Waals surface area contributed by atoms with Crippen LogP contribution >= 0.6 is 0 Å². The zero-order chi connectivity index (χ0) is 25.3. The number of benzene rings is 2. The molecule has 36 heavy (non-hydrogen) atoms. The molecule has 3 aliphatic heterocycles. The molecule has 0 radical (unpaired) electrons. The number of carbonyl (C=O) groups is 3. The van der Waals surface area contributed by atoms with E-state index in [-0.39, 0.29) is 30.1 Å². The van der Waals surface area contributed by atoms with E-state index in [1.165, 1.54) is 24.3 Å². The quantitative estimate of drug-likeness (QED) is 0.657. The summed E-state index contributed by atoms with van der Waals surface area (Å²) in [5.41, 5.74) is 0.580. The summed E-state index contributed by atoms with van der Waals surface area (Å²) in [7, 11) is 0. The number of halogens is 1. The van der Waals surface area contributed by atoms with Crippen LogP contribution in [0.15, 0.2) is 54.6 Å². The molecule has 0 aliphatic carbocycles. The Morgan fingerprint density at radius 3 is 2.19 bits per heavy atom. The molecule has 0 atom stereocenters. The lowest BCUT2D eigenvalue weighted by atomic mass is 9.85. The van der Waals surface area contributed by atoms with Crippen molar-refractivity contribution < 1.29 is 18.8 Å². The van der Waals surface area contributed by atoms with Crippen LogP contribution in [-0.2, 0) is 9.59 Å². The second kappa shape index (κ2) is 9.91. The molecule has 2 aromatic carbocycles. The summed E-state index contributed by atoms with van der Waals surface area (Å²) >= 11 is 0. The Balaban J connectivity index is 1.33. The zero-order valence-electron chi connectivity index (χ0n) is 20.7. The van der Waals surface area contributed by atoms with E-state index in [1.807, 2.05) is 35.2 Å². The second-order valence-electron chi connectivity index (χ2n) is 10.3. The SMILES string of the molecule is CC1CCN(C(=O)CN2CN(c3ccccc3)C3(CCN(C(=O)c4ccc(F)cc4)CC3)C2=O)CC1. The predicted octanol–water partition coefficient (Wildman–Crippen LogP) is 3.37.